The van der Waals surface area contributed by atoms with Crippen molar-refractivity contribution < 1.29 is 14.5 Å². The molecule has 0 amide bonds. The summed E-state index contributed by atoms with van der Waals surface area (Å²) in [4.78, 5) is 11.3. The van der Waals surface area contributed by atoms with Crippen LogP contribution in [-0.2, 0) is 16.0 Å². The fraction of sp³-hybridized carbons (Fsp3) is 0.0833. The van der Waals surface area contributed by atoms with Gasteiger partial charge in [-0.25, -0.2) is 4.79 Å². The number of allylic oxidation sites excluding steroid dienone is 3. The lowest BCUT2D eigenvalue weighted by atomic mass is 10.4. The molecule has 0 heterocycles. The van der Waals surface area contributed by atoms with Gasteiger partial charge in [-0.15, -0.1) is 0 Å². The quantitative estimate of drug-likeness (QED) is 0.496. The molecule has 1 unspecified atom stereocenters. The Bertz CT molecular complexity index is 410. The molecule has 1 aromatic rings. The zero-order valence-corrected chi connectivity index (χ0v) is 9.61. The SMILES string of the molecule is CC=CC=C(C(=O)O)[S+]([O-])c1ccccc1. The number of rotatable bonds is 4. The normalized spacial score (nSPS) is 14.0. The molecule has 4 heteroatoms. The summed E-state index contributed by atoms with van der Waals surface area (Å²) in [7, 11) is 0. The van der Waals surface area contributed by atoms with Crippen LogP contribution in [0.5, 0.6) is 0 Å². The lowest BCUT2D eigenvalue weighted by Crippen LogP contribution is -2.13. The van der Waals surface area contributed by atoms with E-state index in [1.165, 1.54) is 6.08 Å². The molecular weight excluding hydrogens is 224 g/mol. The van der Waals surface area contributed by atoms with Gasteiger partial charge in [-0.3, -0.25) is 0 Å². The summed E-state index contributed by atoms with van der Waals surface area (Å²) >= 11 is -1.64. The predicted octanol–water partition coefficient (Wildman–Crippen LogP) is 2.34. The molecule has 0 radical (unpaired) electrons. The standard InChI is InChI=1S/C12H12O3S/c1-2-3-9-11(12(13)14)16(15)10-7-5-4-6-8-10/h2-9H,1H3,(H,13,14). The third-order valence-electron chi connectivity index (χ3n) is 1.81. The van der Waals surface area contributed by atoms with Crippen molar-refractivity contribution in [3.05, 3.63) is 53.5 Å². The van der Waals surface area contributed by atoms with E-state index in [0.717, 1.165) is 0 Å². The largest absolute Gasteiger partial charge is 0.606 e. The molecule has 0 bridgehead atoms. The summed E-state index contributed by atoms with van der Waals surface area (Å²) in [6, 6.07) is 8.52. The molecular formula is C12H12O3S. The van der Waals surface area contributed by atoms with E-state index in [1.807, 2.05) is 0 Å². The summed E-state index contributed by atoms with van der Waals surface area (Å²) in [5.74, 6) is -1.17. The lowest BCUT2D eigenvalue weighted by molar-refractivity contribution is -0.131. The second-order valence-electron chi connectivity index (χ2n) is 2.94. The first kappa shape index (κ1) is 12.5. The monoisotopic (exact) mass is 236 g/mol. The highest BCUT2D eigenvalue weighted by molar-refractivity contribution is 7.96. The van der Waals surface area contributed by atoms with Crippen LogP contribution in [0.15, 0.2) is 58.4 Å². The lowest BCUT2D eigenvalue weighted by Gasteiger charge is -2.09. The number of carboxylic acids is 1. The second kappa shape index (κ2) is 6.15. The molecule has 0 aliphatic rings. The van der Waals surface area contributed by atoms with Crippen molar-refractivity contribution in [1.29, 1.82) is 0 Å². The van der Waals surface area contributed by atoms with Crippen molar-refractivity contribution in [3.63, 3.8) is 0 Å². The van der Waals surface area contributed by atoms with Gasteiger partial charge < -0.3 is 9.66 Å². The van der Waals surface area contributed by atoms with Gasteiger partial charge in [0.05, 0.1) is 0 Å². The van der Waals surface area contributed by atoms with Crippen molar-refractivity contribution in [2.75, 3.05) is 0 Å². The minimum absolute atomic E-state index is 0.121. The van der Waals surface area contributed by atoms with Gasteiger partial charge >= 0.3 is 5.97 Å². The third kappa shape index (κ3) is 3.25. The van der Waals surface area contributed by atoms with E-state index in [2.05, 4.69) is 0 Å². The van der Waals surface area contributed by atoms with Crippen molar-refractivity contribution in [1.82, 2.24) is 0 Å². The van der Waals surface area contributed by atoms with Crippen LogP contribution in [0.1, 0.15) is 6.92 Å². The minimum Gasteiger partial charge on any atom is -0.606 e. The first-order valence-corrected chi connectivity index (χ1v) is 5.85. The van der Waals surface area contributed by atoms with Gasteiger partial charge in [0.25, 0.3) is 0 Å². The van der Waals surface area contributed by atoms with Crippen molar-refractivity contribution in [2.24, 2.45) is 0 Å². The number of hydrogen-bond acceptors (Lipinski definition) is 2. The number of benzene rings is 1. The smallest absolute Gasteiger partial charge is 0.384 e. The molecule has 0 saturated carbocycles. The average Bonchev–Trinajstić information content (AvgIpc) is 2.30. The first-order chi connectivity index (χ1) is 7.66. The fourth-order valence-electron chi connectivity index (χ4n) is 1.07. The molecule has 1 atom stereocenters. The highest BCUT2D eigenvalue weighted by Gasteiger charge is 2.23. The van der Waals surface area contributed by atoms with E-state index >= 15 is 0 Å². The van der Waals surface area contributed by atoms with Gasteiger partial charge in [0.2, 0.25) is 4.91 Å². The van der Waals surface area contributed by atoms with Crippen LogP contribution in [0, 0.1) is 0 Å². The van der Waals surface area contributed by atoms with Crippen LogP contribution in [0.25, 0.3) is 0 Å². The molecule has 1 N–H and O–H groups in total. The summed E-state index contributed by atoms with van der Waals surface area (Å²) in [6.45, 7) is 1.77. The van der Waals surface area contributed by atoms with Crippen LogP contribution < -0.4 is 0 Å². The summed E-state index contributed by atoms with van der Waals surface area (Å²) in [5, 5.41) is 8.94. The van der Waals surface area contributed by atoms with E-state index < -0.39 is 17.1 Å². The van der Waals surface area contributed by atoms with Crippen LogP contribution in [0.2, 0.25) is 0 Å². The van der Waals surface area contributed by atoms with E-state index in [4.69, 9.17) is 5.11 Å². The maximum absolute atomic E-state index is 11.9. The van der Waals surface area contributed by atoms with Crippen molar-refractivity contribution in [3.8, 4) is 0 Å². The van der Waals surface area contributed by atoms with E-state index in [9.17, 15) is 9.35 Å². The minimum atomic E-state index is -1.64. The Balaban J connectivity index is 3.01. The third-order valence-corrected chi connectivity index (χ3v) is 3.22. The van der Waals surface area contributed by atoms with Crippen LogP contribution >= 0.6 is 0 Å². The van der Waals surface area contributed by atoms with E-state index in [1.54, 1.807) is 49.4 Å². The molecule has 1 rings (SSSR count). The Morgan fingerprint density at radius 3 is 2.50 bits per heavy atom. The molecule has 0 aliphatic heterocycles. The molecule has 0 aromatic heterocycles. The van der Waals surface area contributed by atoms with Gasteiger partial charge in [-0.1, -0.05) is 30.4 Å². The maximum Gasteiger partial charge on any atom is 0.384 e. The number of carbonyl (C=O) groups is 1. The van der Waals surface area contributed by atoms with Gasteiger partial charge in [0, 0.05) is 17.3 Å². The molecule has 84 valence electrons. The molecule has 0 saturated heterocycles. The number of hydrogen-bond donors (Lipinski definition) is 1. The van der Waals surface area contributed by atoms with Gasteiger partial charge in [0.1, 0.15) is 0 Å². The molecule has 0 spiro atoms. The maximum atomic E-state index is 11.9. The predicted molar refractivity (Wildman–Crippen MR) is 63.4 cm³/mol. The number of carboxylic acid groups (broad SMARTS) is 1. The Hall–Kier alpha value is -1.52. The van der Waals surface area contributed by atoms with E-state index in [-0.39, 0.29) is 4.91 Å². The Morgan fingerprint density at radius 2 is 2.00 bits per heavy atom. The molecule has 0 fully saturated rings. The fourth-order valence-corrected chi connectivity index (χ4v) is 2.09. The van der Waals surface area contributed by atoms with E-state index in [0.29, 0.717) is 4.90 Å². The average molecular weight is 236 g/mol. The Kier molecular flexibility index (Phi) is 4.82. The summed E-state index contributed by atoms with van der Waals surface area (Å²) in [5.41, 5.74) is 0. The Labute approximate surface area is 97.3 Å². The Morgan fingerprint density at radius 1 is 1.38 bits per heavy atom. The van der Waals surface area contributed by atoms with Crippen LogP contribution in [-0.4, -0.2) is 15.6 Å². The molecule has 1 aromatic carbocycles. The highest BCUT2D eigenvalue weighted by Crippen LogP contribution is 2.19. The van der Waals surface area contributed by atoms with Crippen LogP contribution in [0.4, 0.5) is 0 Å². The molecule has 3 nitrogen and oxygen atoms in total. The zero-order chi connectivity index (χ0) is 12.0. The molecule has 0 aliphatic carbocycles. The van der Waals surface area contributed by atoms with Gasteiger partial charge in [-0.2, -0.15) is 0 Å². The zero-order valence-electron chi connectivity index (χ0n) is 8.79. The second-order valence-corrected chi connectivity index (χ2v) is 4.39. The van der Waals surface area contributed by atoms with Gasteiger partial charge in [-0.05, 0) is 19.1 Å². The van der Waals surface area contributed by atoms with Crippen LogP contribution in [0.3, 0.4) is 0 Å². The summed E-state index contributed by atoms with van der Waals surface area (Å²) < 4.78 is 11.9. The number of aliphatic carboxylic acids is 1. The van der Waals surface area contributed by atoms with Crippen molar-refractivity contribution in [2.45, 2.75) is 11.8 Å². The molecule has 16 heavy (non-hydrogen) atoms. The summed E-state index contributed by atoms with van der Waals surface area (Å²) in [6.07, 6.45) is 4.60. The highest BCUT2D eigenvalue weighted by atomic mass is 32.2. The first-order valence-electron chi connectivity index (χ1n) is 4.70. The van der Waals surface area contributed by atoms with Gasteiger partial charge in [0.15, 0.2) is 4.90 Å². The van der Waals surface area contributed by atoms with Crippen molar-refractivity contribution >= 4 is 17.1 Å². The topological polar surface area (TPSA) is 60.4 Å².